The maximum absolute atomic E-state index is 13.2. The topological polar surface area (TPSA) is 112 Å². The zero-order valence-corrected chi connectivity index (χ0v) is 19.4. The summed E-state index contributed by atoms with van der Waals surface area (Å²) in [4.78, 5) is 30.1. The number of ether oxygens (including phenoxy) is 1. The smallest absolute Gasteiger partial charge is 0.272 e. The quantitative estimate of drug-likeness (QED) is 0.340. The zero-order valence-electron chi connectivity index (χ0n) is 19.4. The molecule has 1 heterocycles. The molecule has 1 amide bonds. The van der Waals surface area contributed by atoms with Gasteiger partial charge in [0.15, 0.2) is 6.61 Å². The van der Waals surface area contributed by atoms with Crippen LogP contribution in [0.15, 0.2) is 47.0 Å². The molecule has 0 N–H and O–H groups in total. The van der Waals surface area contributed by atoms with Crippen molar-refractivity contribution in [2.75, 3.05) is 6.61 Å². The van der Waals surface area contributed by atoms with Crippen LogP contribution in [0.5, 0.6) is 5.75 Å². The number of benzene rings is 2. The predicted molar refractivity (Wildman–Crippen MR) is 125 cm³/mol. The van der Waals surface area contributed by atoms with Gasteiger partial charge in [-0.2, -0.15) is 4.98 Å². The van der Waals surface area contributed by atoms with Crippen molar-refractivity contribution in [3.8, 4) is 17.1 Å². The third kappa shape index (κ3) is 5.59. The molecule has 3 aromatic rings. The van der Waals surface area contributed by atoms with E-state index in [1.807, 2.05) is 31.2 Å². The van der Waals surface area contributed by atoms with Gasteiger partial charge in [0.2, 0.25) is 11.7 Å². The zero-order chi connectivity index (χ0) is 24.1. The molecule has 0 unspecified atom stereocenters. The molecule has 0 saturated heterocycles. The molecule has 1 aromatic heterocycles. The summed E-state index contributed by atoms with van der Waals surface area (Å²) in [5.41, 5.74) is 2.46. The monoisotopic (exact) mass is 464 g/mol. The molecule has 0 bridgehead atoms. The van der Waals surface area contributed by atoms with Gasteiger partial charge in [-0.25, -0.2) is 0 Å². The average molecular weight is 465 g/mol. The van der Waals surface area contributed by atoms with Gasteiger partial charge in [0.1, 0.15) is 12.3 Å². The molecule has 1 saturated carbocycles. The first kappa shape index (κ1) is 23.4. The van der Waals surface area contributed by atoms with Crippen LogP contribution in [0.2, 0.25) is 0 Å². The molecule has 4 rings (SSSR count). The van der Waals surface area contributed by atoms with E-state index in [0.717, 1.165) is 43.2 Å². The Bertz CT molecular complexity index is 1170. The summed E-state index contributed by atoms with van der Waals surface area (Å²) < 4.78 is 11.2. The van der Waals surface area contributed by atoms with Gasteiger partial charge in [0, 0.05) is 23.2 Å². The summed E-state index contributed by atoms with van der Waals surface area (Å²) in [5.74, 6) is 1.10. The maximum atomic E-state index is 13.2. The minimum atomic E-state index is -0.440. The molecule has 1 aliphatic rings. The van der Waals surface area contributed by atoms with E-state index in [1.54, 1.807) is 17.9 Å². The lowest BCUT2D eigenvalue weighted by Gasteiger charge is -2.33. The van der Waals surface area contributed by atoms with Gasteiger partial charge in [-0.15, -0.1) is 0 Å². The van der Waals surface area contributed by atoms with Crippen LogP contribution in [0.25, 0.3) is 11.4 Å². The molecule has 34 heavy (non-hydrogen) atoms. The van der Waals surface area contributed by atoms with Gasteiger partial charge >= 0.3 is 0 Å². The highest BCUT2D eigenvalue weighted by atomic mass is 16.6. The van der Waals surface area contributed by atoms with Crippen LogP contribution in [0, 0.1) is 24.0 Å². The van der Waals surface area contributed by atoms with Crippen molar-refractivity contribution >= 4 is 11.6 Å². The molecule has 0 aliphatic heterocycles. The fourth-order valence-corrected chi connectivity index (χ4v) is 4.33. The number of aromatic nitrogens is 2. The van der Waals surface area contributed by atoms with Gasteiger partial charge in [0.05, 0.1) is 4.92 Å². The Morgan fingerprint density at radius 3 is 2.68 bits per heavy atom. The Balaban J connectivity index is 1.47. The van der Waals surface area contributed by atoms with E-state index in [0.29, 0.717) is 23.0 Å². The summed E-state index contributed by atoms with van der Waals surface area (Å²) in [6, 6.07) is 12.4. The van der Waals surface area contributed by atoms with E-state index in [2.05, 4.69) is 10.1 Å². The van der Waals surface area contributed by atoms with E-state index < -0.39 is 4.92 Å². The number of rotatable bonds is 8. The van der Waals surface area contributed by atoms with Gasteiger partial charge in [-0.05, 0) is 44.9 Å². The van der Waals surface area contributed by atoms with Crippen molar-refractivity contribution < 1.29 is 19.0 Å². The largest absolute Gasteiger partial charge is 0.484 e. The number of carbonyl (C=O) groups excluding carboxylic acids is 1. The van der Waals surface area contributed by atoms with Gasteiger partial charge < -0.3 is 14.2 Å². The molecule has 9 heteroatoms. The summed E-state index contributed by atoms with van der Waals surface area (Å²) in [7, 11) is 0. The average Bonchev–Trinajstić information content (AvgIpc) is 3.30. The number of nitro benzene ring substituents is 1. The van der Waals surface area contributed by atoms with Crippen molar-refractivity contribution in [2.45, 2.75) is 58.5 Å². The van der Waals surface area contributed by atoms with Crippen LogP contribution in [0.3, 0.4) is 0 Å². The fraction of sp³-hybridized carbons (Fsp3) is 0.400. The maximum Gasteiger partial charge on any atom is 0.272 e. The number of hydrogen-bond donors (Lipinski definition) is 0. The van der Waals surface area contributed by atoms with Crippen molar-refractivity contribution in [1.29, 1.82) is 0 Å². The summed E-state index contributed by atoms with van der Waals surface area (Å²) in [5, 5.41) is 15.1. The number of nitrogens with zero attached hydrogens (tertiary/aromatic N) is 4. The van der Waals surface area contributed by atoms with Crippen LogP contribution in [0.1, 0.15) is 49.1 Å². The van der Waals surface area contributed by atoms with E-state index in [4.69, 9.17) is 9.26 Å². The lowest BCUT2D eigenvalue weighted by Crippen LogP contribution is -2.43. The highest BCUT2D eigenvalue weighted by molar-refractivity contribution is 5.78. The van der Waals surface area contributed by atoms with E-state index in [9.17, 15) is 14.9 Å². The number of hydrogen-bond acceptors (Lipinski definition) is 7. The van der Waals surface area contributed by atoms with Gasteiger partial charge in [-0.1, -0.05) is 48.2 Å². The van der Waals surface area contributed by atoms with E-state index >= 15 is 0 Å². The van der Waals surface area contributed by atoms with Crippen LogP contribution in [-0.2, 0) is 11.3 Å². The van der Waals surface area contributed by atoms with Crippen molar-refractivity contribution in [3.63, 3.8) is 0 Å². The van der Waals surface area contributed by atoms with E-state index in [1.165, 1.54) is 12.1 Å². The van der Waals surface area contributed by atoms with E-state index in [-0.39, 0.29) is 30.8 Å². The standard InChI is InChI=1S/C25H28N4O5/c1-17-7-6-8-19(13-17)25-26-23(34-27-25)15-28(20-9-4-3-5-10-20)24(30)16-33-21-11-12-22(29(31)32)18(2)14-21/h6-8,11-14,20H,3-5,9-10,15-16H2,1-2H3. The summed E-state index contributed by atoms with van der Waals surface area (Å²) in [6.45, 7) is 3.68. The lowest BCUT2D eigenvalue weighted by atomic mass is 9.94. The van der Waals surface area contributed by atoms with Gasteiger partial charge in [0.25, 0.3) is 11.6 Å². The summed E-state index contributed by atoms with van der Waals surface area (Å²) in [6.07, 6.45) is 5.13. The minimum absolute atomic E-state index is 0.0170. The molecule has 1 fully saturated rings. The Hall–Kier alpha value is -3.75. The van der Waals surface area contributed by atoms with Crippen molar-refractivity contribution in [2.24, 2.45) is 0 Å². The normalized spacial score (nSPS) is 14.1. The highest BCUT2D eigenvalue weighted by Gasteiger charge is 2.28. The van der Waals surface area contributed by atoms with Crippen LogP contribution < -0.4 is 4.74 Å². The predicted octanol–water partition coefficient (Wildman–Crippen LogP) is 5.00. The first-order valence-electron chi connectivity index (χ1n) is 11.5. The second-order valence-corrected chi connectivity index (χ2v) is 8.69. The third-order valence-electron chi connectivity index (χ3n) is 6.11. The van der Waals surface area contributed by atoms with Crippen LogP contribution in [-0.4, -0.2) is 38.5 Å². The first-order chi connectivity index (χ1) is 16.4. The second kappa shape index (κ2) is 10.5. The Kier molecular flexibility index (Phi) is 7.20. The molecular weight excluding hydrogens is 436 g/mol. The Labute approximate surface area is 197 Å². The van der Waals surface area contributed by atoms with Crippen LogP contribution in [0.4, 0.5) is 5.69 Å². The van der Waals surface area contributed by atoms with Crippen LogP contribution >= 0.6 is 0 Å². The Morgan fingerprint density at radius 2 is 1.97 bits per heavy atom. The molecule has 2 aromatic carbocycles. The molecule has 1 aliphatic carbocycles. The SMILES string of the molecule is Cc1cccc(-c2noc(CN(C(=O)COc3ccc([N+](=O)[O-])c(C)c3)C3CCCCC3)n2)c1. The first-order valence-corrected chi connectivity index (χ1v) is 11.5. The minimum Gasteiger partial charge on any atom is -0.484 e. The van der Waals surface area contributed by atoms with Gasteiger partial charge in [-0.3, -0.25) is 14.9 Å². The molecule has 0 atom stereocenters. The highest BCUT2D eigenvalue weighted by Crippen LogP contribution is 2.26. The molecule has 0 spiro atoms. The Morgan fingerprint density at radius 1 is 1.18 bits per heavy atom. The molecule has 178 valence electrons. The number of carbonyl (C=O) groups is 1. The second-order valence-electron chi connectivity index (χ2n) is 8.69. The number of amides is 1. The third-order valence-corrected chi connectivity index (χ3v) is 6.11. The van der Waals surface area contributed by atoms with Crippen molar-refractivity contribution in [3.05, 3.63) is 69.6 Å². The van der Waals surface area contributed by atoms with Crippen molar-refractivity contribution in [1.82, 2.24) is 15.0 Å². The molecule has 9 nitrogen and oxygen atoms in total. The summed E-state index contributed by atoms with van der Waals surface area (Å²) >= 11 is 0. The fourth-order valence-electron chi connectivity index (χ4n) is 4.33. The number of aryl methyl sites for hydroxylation is 2. The lowest BCUT2D eigenvalue weighted by molar-refractivity contribution is -0.385. The number of nitro groups is 1. The molecule has 0 radical (unpaired) electrons. The molecular formula is C25H28N4O5.